The summed E-state index contributed by atoms with van der Waals surface area (Å²) in [4.78, 5) is 13.1. The monoisotopic (exact) mass is 181 g/mol. The molecule has 2 heteroatoms. The molecule has 1 unspecified atom stereocenters. The number of carbonyl (C=O) groups excluding carboxylic acids is 1. The van der Waals surface area contributed by atoms with Gasteiger partial charge in [0.2, 0.25) is 0 Å². The van der Waals surface area contributed by atoms with Crippen molar-refractivity contribution in [3.8, 4) is 11.8 Å². The van der Waals surface area contributed by atoms with E-state index in [0.717, 1.165) is 19.4 Å². The minimum absolute atomic E-state index is 0.0162. The summed E-state index contributed by atoms with van der Waals surface area (Å²) in [5.74, 6) is 5.16. The van der Waals surface area contributed by atoms with Gasteiger partial charge in [-0.3, -0.25) is 4.79 Å². The summed E-state index contributed by atoms with van der Waals surface area (Å²) in [6.45, 7) is 8.65. The van der Waals surface area contributed by atoms with E-state index >= 15 is 0 Å². The Bertz CT molecular complexity index is 212. The van der Waals surface area contributed by atoms with Crippen LogP contribution < -0.4 is 0 Å². The highest BCUT2D eigenvalue weighted by molar-refractivity contribution is 5.93. The quantitative estimate of drug-likeness (QED) is 0.524. The smallest absolute Gasteiger partial charge is 0.298 e. The van der Waals surface area contributed by atoms with Gasteiger partial charge in [0.05, 0.1) is 0 Å². The molecule has 0 bridgehead atoms. The van der Waals surface area contributed by atoms with E-state index in [-0.39, 0.29) is 5.91 Å². The molecule has 0 radical (unpaired) electrons. The van der Waals surface area contributed by atoms with Crippen molar-refractivity contribution in [1.82, 2.24) is 4.90 Å². The van der Waals surface area contributed by atoms with Crippen LogP contribution in [0.3, 0.4) is 0 Å². The predicted molar refractivity (Wildman–Crippen MR) is 55.2 cm³/mol. The average Bonchev–Trinajstić information content (AvgIpc) is 2.55. The van der Waals surface area contributed by atoms with Gasteiger partial charge >= 0.3 is 0 Å². The Morgan fingerprint density at radius 3 is 2.46 bits per heavy atom. The standard InChI is InChI=1S/C9H13NO.C2H6/c1-3-5-9(11)10-7-4-6-8(10)2;1-2/h8H,4,6-7H2,1-2H3;1-2H3. The second kappa shape index (κ2) is 6.54. The van der Waals surface area contributed by atoms with Gasteiger partial charge in [-0.1, -0.05) is 19.8 Å². The Kier molecular flexibility index (Phi) is 6.05. The first-order valence-electron chi connectivity index (χ1n) is 4.99. The molecule has 0 aliphatic carbocycles. The summed E-state index contributed by atoms with van der Waals surface area (Å²) in [5.41, 5.74) is 0. The topological polar surface area (TPSA) is 20.3 Å². The minimum Gasteiger partial charge on any atom is -0.329 e. The summed E-state index contributed by atoms with van der Waals surface area (Å²) < 4.78 is 0. The number of amides is 1. The van der Waals surface area contributed by atoms with Crippen molar-refractivity contribution >= 4 is 5.91 Å². The lowest BCUT2D eigenvalue weighted by molar-refractivity contribution is -0.125. The normalized spacial score (nSPS) is 19.7. The van der Waals surface area contributed by atoms with Gasteiger partial charge in [-0.15, -0.1) is 0 Å². The van der Waals surface area contributed by atoms with Crippen molar-refractivity contribution in [3.05, 3.63) is 0 Å². The van der Waals surface area contributed by atoms with E-state index < -0.39 is 0 Å². The van der Waals surface area contributed by atoms with Gasteiger partial charge < -0.3 is 4.90 Å². The number of carbonyl (C=O) groups is 1. The van der Waals surface area contributed by atoms with Crippen molar-refractivity contribution in [1.29, 1.82) is 0 Å². The van der Waals surface area contributed by atoms with Crippen LogP contribution in [-0.4, -0.2) is 23.4 Å². The number of likely N-dealkylation sites (tertiary alicyclic amines) is 1. The highest BCUT2D eigenvalue weighted by Gasteiger charge is 2.23. The lowest BCUT2D eigenvalue weighted by Crippen LogP contribution is -2.32. The second-order valence-electron chi connectivity index (χ2n) is 2.86. The summed E-state index contributed by atoms with van der Waals surface area (Å²) in [5, 5.41) is 0. The van der Waals surface area contributed by atoms with Crippen LogP contribution in [0.1, 0.15) is 40.5 Å². The molecule has 1 aliphatic heterocycles. The second-order valence-corrected chi connectivity index (χ2v) is 2.86. The summed E-state index contributed by atoms with van der Waals surface area (Å²) in [7, 11) is 0. The fraction of sp³-hybridized carbons (Fsp3) is 0.727. The molecule has 13 heavy (non-hydrogen) atoms. The lowest BCUT2D eigenvalue weighted by atomic mass is 10.2. The third kappa shape index (κ3) is 3.50. The summed E-state index contributed by atoms with van der Waals surface area (Å²) >= 11 is 0. The fourth-order valence-electron chi connectivity index (χ4n) is 1.41. The zero-order valence-electron chi connectivity index (χ0n) is 9.05. The maximum Gasteiger partial charge on any atom is 0.298 e. The largest absolute Gasteiger partial charge is 0.329 e. The molecular formula is C11H19NO. The van der Waals surface area contributed by atoms with Crippen molar-refractivity contribution in [3.63, 3.8) is 0 Å². The molecule has 0 aromatic rings. The van der Waals surface area contributed by atoms with Crippen LogP contribution in [0, 0.1) is 11.8 Å². The van der Waals surface area contributed by atoms with Crippen LogP contribution in [0.2, 0.25) is 0 Å². The van der Waals surface area contributed by atoms with Crippen LogP contribution in [0.25, 0.3) is 0 Å². The maximum absolute atomic E-state index is 11.2. The van der Waals surface area contributed by atoms with E-state index in [1.165, 1.54) is 0 Å². The molecule has 1 aliphatic rings. The van der Waals surface area contributed by atoms with Gasteiger partial charge in [0.25, 0.3) is 5.91 Å². The van der Waals surface area contributed by atoms with Crippen molar-refractivity contribution in [2.75, 3.05) is 6.54 Å². The number of nitrogens with zero attached hydrogens (tertiary/aromatic N) is 1. The SMILES string of the molecule is CC.CC#CC(=O)N1CCCC1C. The Labute approximate surface area is 81.3 Å². The van der Waals surface area contributed by atoms with Gasteiger partial charge in [0, 0.05) is 12.6 Å². The first-order chi connectivity index (χ1) is 6.25. The van der Waals surface area contributed by atoms with E-state index in [0.29, 0.717) is 6.04 Å². The molecule has 0 N–H and O–H groups in total. The Morgan fingerprint density at radius 1 is 1.46 bits per heavy atom. The van der Waals surface area contributed by atoms with Crippen LogP contribution in [0.15, 0.2) is 0 Å². The van der Waals surface area contributed by atoms with Gasteiger partial charge in [-0.05, 0) is 32.6 Å². The van der Waals surface area contributed by atoms with E-state index in [4.69, 9.17) is 0 Å². The number of hydrogen-bond donors (Lipinski definition) is 0. The van der Waals surface area contributed by atoms with Gasteiger partial charge in [0.1, 0.15) is 0 Å². The van der Waals surface area contributed by atoms with Gasteiger partial charge in [-0.25, -0.2) is 0 Å². The molecule has 1 heterocycles. The fourth-order valence-corrected chi connectivity index (χ4v) is 1.41. The highest BCUT2D eigenvalue weighted by atomic mass is 16.2. The number of hydrogen-bond acceptors (Lipinski definition) is 1. The predicted octanol–water partition coefficient (Wildman–Crippen LogP) is 2.05. The Morgan fingerprint density at radius 2 is 2.08 bits per heavy atom. The van der Waals surface area contributed by atoms with Crippen molar-refractivity contribution in [2.24, 2.45) is 0 Å². The van der Waals surface area contributed by atoms with Crippen LogP contribution in [0.4, 0.5) is 0 Å². The first-order valence-corrected chi connectivity index (χ1v) is 4.99. The van der Waals surface area contributed by atoms with E-state index in [1.807, 2.05) is 18.7 Å². The lowest BCUT2D eigenvalue weighted by Gasteiger charge is -2.17. The molecule has 1 amide bonds. The average molecular weight is 181 g/mol. The molecule has 0 spiro atoms. The first kappa shape index (κ1) is 12.0. The molecule has 1 fully saturated rings. The molecule has 1 rings (SSSR count). The van der Waals surface area contributed by atoms with Crippen LogP contribution in [0.5, 0.6) is 0 Å². The third-order valence-corrected chi connectivity index (χ3v) is 2.05. The molecule has 0 aromatic heterocycles. The molecule has 1 saturated heterocycles. The molecule has 2 nitrogen and oxygen atoms in total. The van der Waals surface area contributed by atoms with E-state index in [9.17, 15) is 4.79 Å². The number of rotatable bonds is 0. The third-order valence-electron chi connectivity index (χ3n) is 2.05. The Hall–Kier alpha value is -0.970. The van der Waals surface area contributed by atoms with E-state index in [2.05, 4.69) is 18.8 Å². The van der Waals surface area contributed by atoms with Crippen LogP contribution in [-0.2, 0) is 4.79 Å². The maximum atomic E-state index is 11.2. The molecule has 0 saturated carbocycles. The van der Waals surface area contributed by atoms with Crippen molar-refractivity contribution < 1.29 is 4.79 Å². The summed E-state index contributed by atoms with van der Waals surface area (Å²) in [6.07, 6.45) is 2.25. The zero-order valence-corrected chi connectivity index (χ0v) is 9.05. The van der Waals surface area contributed by atoms with Gasteiger partial charge in [-0.2, -0.15) is 0 Å². The molecule has 74 valence electrons. The van der Waals surface area contributed by atoms with Crippen LogP contribution >= 0.6 is 0 Å². The van der Waals surface area contributed by atoms with E-state index in [1.54, 1.807) is 6.92 Å². The molecular weight excluding hydrogens is 162 g/mol. The molecule has 1 atom stereocenters. The zero-order chi connectivity index (χ0) is 10.3. The van der Waals surface area contributed by atoms with Crippen molar-refractivity contribution in [2.45, 2.75) is 46.6 Å². The Balaban J connectivity index is 0.000000671. The molecule has 0 aromatic carbocycles. The minimum atomic E-state index is -0.0162. The summed E-state index contributed by atoms with van der Waals surface area (Å²) in [6, 6.07) is 0.392. The van der Waals surface area contributed by atoms with Gasteiger partial charge in [0.15, 0.2) is 0 Å². The highest BCUT2D eigenvalue weighted by Crippen LogP contribution is 2.15.